The molecule has 3 rings (SSSR count). The largest absolute Gasteiger partial charge is 0.333 e. The highest BCUT2D eigenvalue weighted by Crippen LogP contribution is 2.34. The highest BCUT2D eigenvalue weighted by atomic mass is 32.1. The van der Waals surface area contributed by atoms with Crippen molar-refractivity contribution in [2.45, 2.75) is 77.8 Å². The fourth-order valence-electron chi connectivity index (χ4n) is 3.94. The maximum atomic E-state index is 13.0. The number of hydrogen-bond acceptors (Lipinski definition) is 2. The molecule has 2 aliphatic carbocycles. The van der Waals surface area contributed by atoms with E-state index in [0.717, 1.165) is 17.2 Å². The SMILES string of the molecule is CC1CCc2sc(C(=O)N(C(C)C)C3CCCC3)cc2C1. The lowest BCUT2D eigenvalue weighted by atomic mass is 9.90. The Hall–Kier alpha value is -0.830. The number of nitrogens with zero attached hydrogens (tertiary/aromatic N) is 1. The molecule has 0 aliphatic heterocycles. The molecular formula is C18H27NOS. The normalized spacial score (nSPS) is 22.6. The van der Waals surface area contributed by atoms with Gasteiger partial charge in [-0.3, -0.25) is 4.79 Å². The van der Waals surface area contributed by atoms with Gasteiger partial charge in [0.2, 0.25) is 0 Å². The van der Waals surface area contributed by atoms with E-state index < -0.39 is 0 Å². The van der Waals surface area contributed by atoms with Crippen LogP contribution in [0.1, 0.15) is 73.0 Å². The maximum Gasteiger partial charge on any atom is 0.264 e. The Morgan fingerprint density at radius 2 is 2.00 bits per heavy atom. The number of aryl methyl sites for hydroxylation is 1. The minimum Gasteiger partial charge on any atom is -0.333 e. The van der Waals surface area contributed by atoms with Crippen molar-refractivity contribution in [3.63, 3.8) is 0 Å². The fourth-order valence-corrected chi connectivity index (χ4v) is 5.10. The van der Waals surface area contributed by atoms with Crippen LogP contribution < -0.4 is 0 Å². The second-order valence-corrected chi connectivity index (χ2v) is 8.29. The summed E-state index contributed by atoms with van der Waals surface area (Å²) < 4.78 is 0. The molecular weight excluding hydrogens is 278 g/mol. The standard InChI is InChI=1S/C18H27NOS/c1-12(2)19(15-6-4-5-7-15)18(20)17-11-14-10-13(3)8-9-16(14)21-17/h11-13,15H,4-10H2,1-3H3. The third kappa shape index (κ3) is 3.03. The first kappa shape index (κ1) is 15.1. The molecule has 21 heavy (non-hydrogen) atoms. The Labute approximate surface area is 132 Å². The fraction of sp³-hybridized carbons (Fsp3) is 0.722. The number of carbonyl (C=O) groups excluding carboxylic acids is 1. The molecule has 2 nitrogen and oxygen atoms in total. The van der Waals surface area contributed by atoms with Crippen LogP contribution in [0.5, 0.6) is 0 Å². The van der Waals surface area contributed by atoms with Gasteiger partial charge in [0.1, 0.15) is 0 Å². The van der Waals surface area contributed by atoms with Crippen molar-refractivity contribution in [3.05, 3.63) is 21.4 Å². The second kappa shape index (κ2) is 6.12. The van der Waals surface area contributed by atoms with Gasteiger partial charge in [-0.05, 0) is 63.5 Å². The average molecular weight is 305 g/mol. The van der Waals surface area contributed by atoms with E-state index in [9.17, 15) is 4.79 Å². The van der Waals surface area contributed by atoms with Gasteiger partial charge in [-0.15, -0.1) is 11.3 Å². The second-order valence-electron chi connectivity index (χ2n) is 7.15. The molecule has 0 saturated heterocycles. The number of rotatable bonds is 3. The first-order valence-corrected chi connectivity index (χ1v) is 9.32. The molecule has 1 atom stereocenters. The van der Waals surface area contributed by atoms with Gasteiger partial charge >= 0.3 is 0 Å². The third-order valence-electron chi connectivity index (χ3n) is 5.05. The summed E-state index contributed by atoms with van der Waals surface area (Å²) in [7, 11) is 0. The minimum absolute atomic E-state index is 0.281. The molecule has 2 aliphatic rings. The maximum absolute atomic E-state index is 13.0. The van der Waals surface area contributed by atoms with Crippen LogP contribution in [0, 0.1) is 5.92 Å². The zero-order chi connectivity index (χ0) is 15.0. The van der Waals surface area contributed by atoms with E-state index in [1.54, 1.807) is 11.3 Å². The van der Waals surface area contributed by atoms with Crippen molar-refractivity contribution >= 4 is 17.2 Å². The first-order valence-electron chi connectivity index (χ1n) is 8.50. The van der Waals surface area contributed by atoms with Crippen molar-refractivity contribution in [1.82, 2.24) is 4.90 Å². The van der Waals surface area contributed by atoms with Crippen LogP contribution in [0.15, 0.2) is 6.07 Å². The Kier molecular flexibility index (Phi) is 4.39. The zero-order valence-electron chi connectivity index (χ0n) is 13.5. The molecule has 0 bridgehead atoms. The van der Waals surface area contributed by atoms with E-state index in [4.69, 9.17) is 0 Å². The summed E-state index contributed by atoms with van der Waals surface area (Å²) in [5, 5.41) is 0. The smallest absolute Gasteiger partial charge is 0.264 e. The van der Waals surface area contributed by atoms with Gasteiger partial charge in [-0.1, -0.05) is 19.8 Å². The van der Waals surface area contributed by atoms with E-state index in [0.29, 0.717) is 12.1 Å². The van der Waals surface area contributed by atoms with E-state index >= 15 is 0 Å². The van der Waals surface area contributed by atoms with Crippen LogP contribution in [-0.4, -0.2) is 22.9 Å². The number of hydrogen-bond donors (Lipinski definition) is 0. The Morgan fingerprint density at radius 3 is 2.67 bits per heavy atom. The predicted octanol–water partition coefficient (Wildman–Crippen LogP) is 4.67. The van der Waals surface area contributed by atoms with Gasteiger partial charge in [0.15, 0.2) is 0 Å². The summed E-state index contributed by atoms with van der Waals surface area (Å²) in [6, 6.07) is 2.97. The summed E-state index contributed by atoms with van der Waals surface area (Å²) in [6.45, 7) is 6.64. The van der Waals surface area contributed by atoms with E-state index in [2.05, 4.69) is 31.7 Å². The van der Waals surface area contributed by atoms with Gasteiger partial charge in [-0.25, -0.2) is 0 Å². The van der Waals surface area contributed by atoms with Crippen LogP contribution in [0.4, 0.5) is 0 Å². The molecule has 3 heteroatoms. The van der Waals surface area contributed by atoms with E-state index in [-0.39, 0.29) is 5.91 Å². The Morgan fingerprint density at radius 1 is 1.29 bits per heavy atom. The molecule has 0 spiro atoms. The Bertz CT molecular complexity index is 513. The van der Waals surface area contributed by atoms with E-state index in [1.807, 2.05) is 0 Å². The number of fused-ring (bicyclic) bond motifs is 1. The van der Waals surface area contributed by atoms with Crippen molar-refractivity contribution in [1.29, 1.82) is 0 Å². The quantitative estimate of drug-likeness (QED) is 0.795. The molecule has 0 radical (unpaired) electrons. The highest BCUT2D eigenvalue weighted by molar-refractivity contribution is 7.14. The summed E-state index contributed by atoms with van der Waals surface area (Å²) in [6.07, 6.45) is 8.53. The van der Waals surface area contributed by atoms with E-state index in [1.165, 1.54) is 49.0 Å². The lowest BCUT2D eigenvalue weighted by molar-refractivity contribution is 0.0618. The van der Waals surface area contributed by atoms with Gasteiger partial charge in [0.25, 0.3) is 5.91 Å². The summed E-state index contributed by atoms with van der Waals surface area (Å²) in [5.74, 6) is 1.05. The van der Waals surface area contributed by atoms with Crippen molar-refractivity contribution in [3.8, 4) is 0 Å². The van der Waals surface area contributed by atoms with Crippen LogP contribution in [-0.2, 0) is 12.8 Å². The minimum atomic E-state index is 0.281. The predicted molar refractivity (Wildman–Crippen MR) is 89.1 cm³/mol. The molecule has 1 unspecified atom stereocenters. The van der Waals surface area contributed by atoms with Crippen molar-refractivity contribution in [2.75, 3.05) is 0 Å². The summed E-state index contributed by atoms with van der Waals surface area (Å²) >= 11 is 1.76. The molecule has 1 aromatic rings. The first-order chi connectivity index (χ1) is 10.1. The Balaban J connectivity index is 1.83. The summed E-state index contributed by atoms with van der Waals surface area (Å²) in [5.41, 5.74) is 1.44. The molecule has 1 amide bonds. The highest BCUT2D eigenvalue weighted by Gasteiger charge is 2.31. The monoisotopic (exact) mass is 305 g/mol. The van der Waals surface area contributed by atoms with Crippen molar-refractivity contribution in [2.24, 2.45) is 5.92 Å². The van der Waals surface area contributed by atoms with Crippen molar-refractivity contribution < 1.29 is 4.79 Å². The molecule has 1 fully saturated rings. The molecule has 1 aromatic heterocycles. The van der Waals surface area contributed by atoms with Gasteiger partial charge in [0, 0.05) is 17.0 Å². The molecule has 1 saturated carbocycles. The number of amides is 1. The van der Waals surface area contributed by atoms with Crippen LogP contribution >= 0.6 is 11.3 Å². The van der Waals surface area contributed by atoms with Crippen LogP contribution in [0.25, 0.3) is 0 Å². The molecule has 0 aromatic carbocycles. The van der Waals surface area contributed by atoms with Crippen LogP contribution in [0.3, 0.4) is 0 Å². The van der Waals surface area contributed by atoms with Gasteiger partial charge in [-0.2, -0.15) is 0 Å². The lowest BCUT2D eigenvalue weighted by Crippen LogP contribution is -2.43. The lowest BCUT2D eigenvalue weighted by Gasteiger charge is -2.32. The van der Waals surface area contributed by atoms with Crippen LogP contribution in [0.2, 0.25) is 0 Å². The zero-order valence-corrected chi connectivity index (χ0v) is 14.3. The molecule has 1 heterocycles. The topological polar surface area (TPSA) is 20.3 Å². The third-order valence-corrected chi connectivity index (χ3v) is 6.27. The van der Waals surface area contributed by atoms with Gasteiger partial charge < -0.3 is 4.90 Å². The molecule has 116 valence electrons. The van der Waals surface area contributed by atoms with Gasteiger partial charge in [0.05, 0.1) is 4.88 Å². The number of thiophene rings is 1. The molecule has 0 N–H and O–H groups in total. The number of carbonyl (C=O) groups is 1. The summed E-state index contributed by atoms with van der Waals surface area (Å²) in [4.78, 5) is 17.6. The average Bonchev–Trinajstić information content (AvgIpc) is 3.06.